The summed E-state index contributed by atoms with van der Waals surface area (Å²) < 4.78 is 0. The molecule has 2 aliphatic rings. The number of rotatable bonds is 6. The van der Waals surface area contributed by atoms with Crippen molar-refractivity contribution >= 4 is 11.8 Å². The van der Waals surface area contributed by atoms with E-state index in [0.29, 0.717) is 25.4 Å². The number of nitrogens with one attached hydrogen (secondary N) is 1. The number of likely N-dealkylation sites (tertiary alicyclic amines) is 1. The third-order valence-electron chi connectivity index (χ3n) is 7.09. The number of hydrogen-bond acceptors (Lipinski definition) is 4. The third kappa shape index (κ3) is 5.98. The zero-order chi connectivity index (χ0) is 23.4. The monoisotopic (exact) mass is 448 g/mol. The van der Waals surface area contributed by atoms with Crippen molar-refractivity contribution < 1.29 is 9.59 Å². The van der Waals surface area contributed by atoms with Crippen molar-refractivity contribution in [3.05, 3.63) is 58.2 Å². The minimum absolute atomic E-state index is 0.0678. The summed E-state index contributed by atoms with van der Waals surface area (Å²) in [4.78, 5) is 36.9. The highest BCUT2D eigenvalue weighted by molar-refractivity contribution is 5.80. The lowest BCUT2D eigenvalue weighted by Crippen LogP contribution is -2.37. The second-order valence-corrected chi connectivity index (χ2v) is 9.80. The van der Waals surface area contributed by atoms with Crippen LogP contribution < -0.4 is 5.32 Å². The Labute approximate surface area is 197 Å². The standard InChI is InChI=1S/C27H36N4O2/c1-18-8-7-9-21(14-18)15-26(33)31-13-12-22(17-31)27-28-19(2)24(20(3)29-27)16-25(32)30-23-10-5-4-6-11-23/h7-9,14,22-23H,4-6,10-13,15-17H2,1-3H3,(H,30,32)/t22-/m1/s1. The highest BCUT2D eigenvalue weighted by Gasteiger charge is 2.30. The van der Waals surface area contributed by atoms with Crippen molar-refractivity contribution in [1.29, 1.82) is 0 Å². The van der Waals surface area contributed by atoms with E-state index in [2.05, 4.69) is 11.4 Å². The minimum atomic E-state index is 0.0678. The molecule has 2 aromatic rings. The lowest BCUT2D eigenvalue weighted by atomic mass is 9.95. The van der Waals surface area contributed by atoms with Gasteiger partial charge in [0.05, 0.1) is 12.8 Å². The Morgan fingerprint density at radius 3 is 2.42 bits per heavy atom. The molecule has 6 heteroatoms. The molecule has 33 heavy (non-hydrogen) atoms. The predicted molar refractivity (Wildman–Crippen MR) is 129 cm³/mol. The molecule has 1 aromatic carbocycles. The van der Waals surface area contributed by atoms with Crippen LogP contribution in [0.4, 0.5) is 0 Å². The molecule has 0 bridgehead atoms. The molecule has 0 unspecified atom stereocenters. The van der Waals surface area contributed by atoms with Crippen LogP contribution in [0.25, 0.3) is 0 Å². The molecule has 1 aliphatic carbocycles. The molecule has 176 valence electrons. The SMILES string of the molecule is Cc1cccc(CC(=O)N2CC[C@@H](c3nc(C)c(CC(=O)NC4CCCCC4)c(C)n3)C2)c1. The maximum absolute atomic E-state index is 12.8. The number of carbonyl (C=O) groups is 2. The van der Waals surface area contributed by atoms with Gasteiger partial charge in [0.1, 0.15) is 5.82 Å². The molecule has 2 fully saturated rings. The van der Waals surface area contributed by atoms with E-state index in [1.807, 2.05) is 43.9 Å². The van der Waals surface area contributed by atoms with Crippen LogP contribution in [0.3, 0.4) is 0 Å². The number of aryl methyl sites for hydroxylation is 3. The van der Waals surface area contributed by atoms with Crippen LogP contribution in [0, 0.1) is 20.8 Å². The first-order valence-corrected chi connectivity index (χ1v) is 12.4. The van der Waals surface area contributed by atoms with E-state index in [9.17, 15) is 9.59 Å². The zero-order valence-corrected chi connectivity index (χ0v) is 20.2. The molecule has 4 rings (SSSR count). The fraction of sp³-hybridized carbons (Fsp3) is 0.556. The van der Waals surface area contributed by atoms with E-state index in [1.165, 1.54) is 24.8 Å². The largest absolute Gasteiger partial charge is 0.353 e. The summed E-state index contributed by atoms with van der Waals surface area (Å²) in [6.07, 6.45) is 7.48. The summed E-state index contributed by atoms with van der Waals surface area (Å²) in [7, 11) is 0. The van der Waals surface area contributed by atoms with E-state index in [-0.39, 0.29) is 17.7 Å². The highest BCUT2D eigenvalue weighted by Crippen LogP contribution is 2.27. The van der Waals surface area contributed by atoms with Gasteiger partial charge in [-0.1, -0.05) is 49.1 Å². The summed E-state index contributed by atoms with van der Waals surface area (Å²) in [5.41, 5.74) is 4.91. The van der Waals surface area contributed by atoms with Crippen molar-refractivity contribution in [3.8, 4) is 0 Å². The third-order valence-corrected chi connectivity index (χ3v) is 7.09. The van der Waals surface area contributed by atoms with Gasteiger partial charge >= 0.3 is 0 Å². The van der Waals surface area contributed by atoms with Crippen molar-refractivity contribution in [3.63, 3.8) is 0 Å². The maximum Gasteiger partial charge on any atom is 0.227 e. The maximum atomic E-state index is 12.8. The molecule has 2 amide bonds. The molecule has 1 saturated heterocycles. The van der Waals surface area contributed by atoms with Crippen LogP contribution in [-0.4, -0.2) is 45.8 Å². The average Bonchev–Trinajstić information content (AvgIpc) is 3.27. The van der Waals surface area contributed by atoms with Gasteiger partial charge in [-0.05, 0) is 45.6 Å². The van der Waals surface area contributed by atoms with Crippen LogP contribution >= 0.6 is 0 Å². The predicted octanol–water partition coefficient (Wildman–Crippen LogP) is 3.95. The molecule has 6 nitrogen and oxygen atoms in total. The van der Waals surface area contributed by atoms with Gasteiger partial charge in [0.25, 0.3) is 0 Å². The first-order chi connectivity index (χ1) is 15.9. The van der Waals surface area contributed by atoms with E-state index in [4.69, 9.17) is 9.97 Å². The van der Waals surface area contributed by atoms with Gasteiger partial charge in [0.2, 0.25) is 11.8 Å². The molecule has 0 spiro atoms. The van der Waals surface area contributed by atoms with E-state index in [1.54, 1.807) is 0 Å². The van der Waals surface area contributed by atoms with Gasteiger partial charge in [-0.25, -0.2) is 9.97 Å². The first kappa shape index (κ1) is 23.4. The molecule has 0 radical (unpaired) electrons. The second kappa shape index (κ2) is 10.4. The number of aromatic nitrogens is 2. The summed E-state index contributed by atoms with van der Waals surface area (Å²) in [5.74, 6) is 1.17. The van der Waals surface area contributed by atoms with Gasteiger partial charge in [0.15, 0.2) is 0 Å². The van der Waals surface area contributed by atoms with Crippen molar-refractivity contribution in [2.45, 2.75) is 84.1 Å². The Balaban J connectivity index is 1.36. The molecule has 1 aromatic heterocycles. The molecule has 1 N–H and O–H groups in total. The lowest BCUT2D eigenvalue weighted by Gasteiger charge is -2.23. The number of nitrogens with zero attached hydrogens (tertiary/aromatic N) is 3. The van der Waals surface area contributed by atoms with Gasteiger partial charge in [0, 0.05) is 42.0 Å². The van der Waals surface area contributed by atoms with Crippen LogP contribution in [0.1, 0.15) is 78.3 Å². The quantitative estimate of drug-likeness (QED) is 0.726. The Kier molecular flexibility index (Phi) is 7.41. The van der Waals surface area contributed by atoms with Gasteiger partial charge in [-0.2, -0.15) is 0 Å². The Hall–Kier alpha value is -2.76. The van der Waals surface area contributed by atoms with Crippen molar-refractivity contribution in [1.82, 2.24) is 20.2 Å². The first-order valence-electron chi connectivity index (χ1n) is 12.4. The number of benzene rings is 1. The number of hydrogen-bond donors (Lipinski definition) is 1. The fourth-order valence-electron chi connectivity index (χ4n) is 5.20. The summed E-state index contributed by atoms with van der Waals surface area (Å²) in [5, 5.41) is 3.19. The molecular weight excluding hydrogens is 412 g/mol. The molecular formula is C27H36N4O2. The Bertz CT molecular complexity index is 990. The van der Waals surface area contributed by atoms with Crippen LogP contribution in [0.15, 0.2) is 24.3 Å². The van der Waals surface area contributed by atoms with Crippen LogP contribution in [0.5, 0.6) is 0 Å². The van der Waals surface area contributed by atoms with Gasteiger partial charge in [-0.15, -0.1) is 0 Å². The highest BCUT2D eigenvalue weighted by atomic mass is 16.2. The van der Waals surface area contributed by atoms with E-state index < -0.39 is 0 Å². The molecule has 1 saturated carbocycles. The lowest BCUT2D eigenvalue weighted by molar-refractivity contribution is -0.129. The Morgan fingerprint density at radius 1 is 1.00 bits per heavy atom. The normalized spacial score (nSPS) is 19.0. The summed E-state index contributed by atoms with van der Waals surface area (Å²) in [6, 6.07) is 8.45. The summed E-state index contributed by atoms with van der Waals surface area (Å²) in [6.45, 7) is 7.38. The average molecular weight is 449 g/mol. The molecule has 2 heterocycles. The smallest absolute Gasteiger partial charge is 0.227 e. The van der Waals surface area contributed by atoms with Crippen LogP contribution in [0.2, 0.25) is 0 Å². The summed E-state index contributed by atoms with van der Waals surface area (Å²) >= 11 is 0. The number of amides is 2. The number of carbonyl (C=O) groups excluding carboxylic acids is 2. The fourth-order valence-corrected chi connectivity index (χ4v) is 5.20. The zero-order valence-electron chi connectivity index (χ0n) is 20.2. The van der Waals surface area contributed by atoms with Gasteiger partial charge < -0.3 is 10.2 Å². The van der Waals surface area contributed by atoms with Crippen molar-refractivity contribution in [2.75, 3.05) is 13.1 Å². The molecule has 1 atom stereocenters. The topological polar surface area (TPSA) is 75.2 Å². The van der Waals surface area contributed by atoms with E-state index in [0.717, 1.165) is 54.1 Å². The van der Waals surface area contributed by atoms with E-state index >= 15 is 0 Å². The second-order valence-electron chi connectivity index (χ2n) is 9.80. The van der Waals surface area contributed by atoms with Crippen molar-refractivity contribution in [2.24, 2.45) is 0 Å². The molecule has 1 aliphatic heterocycles. The Morgan fingerprint density at radius 2 is 1.73 bits per heavy atom. The van der Waals surface area contributed by atoms with Crippen LogP contribution in [-0.2, 0) is 22.4 Å². The minimum Gasteiger partial charge on any atom is -0.353 e. The van der Waals surface area contributed by atoms with Gasteiger partial charge in [-0.3, -0.25) is 9.59 Å².